The molecule has 1 rings (SSSR count). The van der Waals surface area contributed by atoms with Gasteiger partial charge in [-0.25, -0.2) is 13.1 Å². The van der Waals surface area contributed by atoms with Crippen molar-refractivity contribution in [2.45, 2.75) is 31.6 Å². The third-order valence-electron chi connectivity index (χ3n) is 3.25. The van der Waals surface area contributed by atoms with Gasteiger partial charge in [-0.2, -0.15) is 0 Å². The second-order valence-electron chi connectivity index (χ2n) is 5.71. The molecule has 1 aromatic rings. The highest BCUT2D eigenvalue weighted by atomic mass is 32.2. The van der Waals surface area contributed by atoms with E-state index in [9.17, 15) is 13.2 Å². The highest BCUT2D eigenvalue weighted by molar-refractivity contribution is 7.89. The van der Waals surface area contributed by atoms with E-state index < -0.39 is 10.0 Å². The van der Waals surface area contributed by atoms with E-state index in [0.29, 0.717) is 18.0 Å². The Morgan fingerprint density at radius 2 is 2.00 bits per heavy atom. The fourth-order valence-corrected chi connectivity index (χ4v) is 3.04. The summed E-state index contributed by atoms with van der Waals surface area (Å²) < 4.78 is 31.5. The lowest BCUT2D eigenvalue weighted by Crippen LogP contribution is -2.28. The van der Waals surface area contributed by atoms with Crippen molar-refractivity contribution >= 4 is 15.9 Å². The zero-order valence-corrected chi connectivity index (χ0v) is 14.8. The number of hydrogen-bond donors (Lipinski definition) is 2. The van der Waals surface area contributed by atoms with Crippen molar-refractivity contribution in [1.82, 2.24) is 10.0 Å². The maximum Gasteiger partial charge on any atom is 0.251 e. The van der Waals surface area contributed by atoms with Gasteiger partial charge in [0, 0.05) is 25.8 Å². The predicted molar refractivity (Wildman–Crippen MR) is 89.9 cm³/mol. The normalized spacial score (nSPS) is 11.7. The van der Waals surface area contributed by atoms with Crippen molar-refractivity contribution in [2.24, 2.45) is 5.92 Å². The molecule has 0 saturated heterocycles. The average molecular weight is 342 g/mol. The second kappa shape index (κ2) is 9.64. The molecule has 2 N–H and O–H groups in total. The zero-order chi connectivity index (χ0) is 17.3. The van der Waals surface area contributed by atoms with E-state index in [1.807, 2.05) is 0 Å². The fraction of sp³-hybridized carbons (Fsp3) is 0.562. The lowest BCUT2D eigenvalue weighted by Gasteiger charge is -2.09. The largest absolute Gasteiger partial charge is 0.383 e. The molecule has 0 aromatic heterocycles. The van der Waals surface area contributed by atoms with Crippen LogP contribution in [0.4, 0.5) is 0 Å². The van der Waals surface area contributed by atoms with Crippen LogP contribution in [0.2, 0.25) is 0 Å². The number of hydrogen-bond acceptors (Lipinski definition) is 4. The van der Waals surface area contributed by atoms with Crippen molar-refractivity contribution < 1.29 is 17.9 Å². The molecule has 1 amide bonds. The Morgan fingerprint density at radius 3 is 2.65 bits per heavy atom. The van der Waals surface area contributed by atoms with E-state index in [1.54, 1.807) is 12.1 Å². The molecular formula is C16H26N2O4S. The summed E-state index contributed by atoms with van der Waals surface area (Å²) in [5, 5.41) is 2.81. The Labute approximate surface area is 138 Å². The van der Waals surface area contributed by atoms with Gasteiger partial charge in [0.25, 0.3) is 5.91 Å². The number of rotatable bonds is 10. The Balaban J connectivity index is 2.66. The summed E-state index contributed by atoms with van der Waals surface area (Å²) in [5.74, 6) is 0.334. The number of sulfonamides is 1. The van der Waals surface area contributed by atoms with E-state index in [1.165, 1.54) is 19.2 Å². The minimum absolute atomic E-state index is 0.0726. The average Bonchev–Trinajstić information content (AvgIpc) is 2.51. The summed E-state index contributed by atoms with van der Waals surface area (Å²) >= 11 is 0. The third kappa shape index (κ3) is 7.11. The number of amides is 1. The first-order valence-corrected chi connectivity index (χ1v) is 9.22. The van der Waals surface area contributed by atoms with Crippen molar-refractivity contribution in [3.05, 3.63) is 29.8 Å². The summed E-state index contributed by atoms with van der Waals surface area (Å²) in [4.78, 5) is 12.2. The summed E-state index contributed by atoms with van der Waals surface area (Å²) in [6.45, 7) is 5.32. The van der Waals surface area contributed by atoms with Crippen LogP contribution in [0.1, 0.15) is 37.0 Å². The summed E-state index contributed by atoms with van der Waals surface area (Å²) in [6.07, 6.45) is 1.94. The standard InChI is InChI=1S/C16H26N2O4S/c1-13(2)6-5-9-17-16(19)14-7-4-8-15(12-14)23(20,21)18-10-11-22-3/h4,7-8,12-13,18H,5-6,9-11H2,1-3H3,(H,17,19). The van der Waals surface area contributed by atoms with E-state index >= 15 is 0 Å². The van der Waals surface area contributed by atoms with Gasteiger partial charge in [0.05, 0.1) is 11.5 Å². The first-order chi connectivity index (χ1) is 10.9. The fourth-order valence-electron chi connectivity index (χ4n) is 1.98. The number of methoxy groups -OCH3 is 1. The third-order valence-corrected chi connectivity index (χ3v) is 4.71. The maximum absolute atomic E-state index is 12.1. The van der Waals surface area contributed by atoms with Gasteiger partial charge in [0.2, 0.25) is 10.0 Å². The van der Waals surface area contributed by atoms with Crippen LogP contribution >= 0.6 is 0 Å². The van der Waals surface area contributed by atoms with Gasteiger partial charge < -0.3 is 10.1 Å². The first kappa shape index (κ1) is 19.6. The van der Waals surface area contributed by atoms with Crippen LogP contribution in [-0.4, -0.2) is 41.1 Å². The number of benzene rings is 1. The first-order valence-electron chi connectivity index (χ1n) is 7.73. The van der Waals surface area contributed by atoms with Crippen molar-refractivity contribution in [3.63, 3.8) is 0 Å². The SMILES string of the molecule is COCCNS(=O)(=O)c1cccc(C(=O)NCCCC(C)C)c1. The van der Waals surface area contributed by atoms with Crippen LogP contribution in [0.5, 0.6) is 0 Å². The zero-order valence-electron chi connectivity index (χ0n) is 14.0. The molecular weight excluding hydrogens is 316 g/mol. The number of carbonyl (C=O) groups excluding carboxylic acids is 1. The van der Waals surface area contributed by atoms with Gasteiger partial charge in [-0.15, -0.1) is 0 Å². The quantitative estimate of drug-likeness (QED) is 0.635. The minimum Gasteiger partial charge on any atom is -0.383 e. The molecule has 1 aromatic carbocycles. The molecule has 0 fully saturated rings. The molecule has 0 aliphatic rings. The molecule has 0 atom stereocenters. The summed E-state index contributed by atoms with van der Waals surface area (Å²) in [7, 11) is -2.14. The predicted octanol–water partition coefficient (Wildman–Crippen LogP) is 1.78. The van der Waals surface area contributed by atoms with Crippen LogP contribution in [0.25, 0.3) is 0 Å². The monoisotopic (exact) mass is 342 g/mol. The van der Waals surface area contributed by atoms with Gasteiger partial charge >= 0.3 is 0 Å². The Hall–Kier alpha value is -1.44. The Bertz CT molecular complexity index is 600. The lowest BCUT2D eigenvalue weighted by atomic mass is 10.1. The highest BCUT2D eigenvalue weighted by Crippen LogP contribution is 2.11. The summed E-state index contributed by atoms with van der Waals surface area (Å²) in [6, 6.07) is 6.01. The molecule has 0 aliphatic heterocycles. The molecule has 0 spiro atoms. The van der Waals surface area contributed by atoms with Crippen molar-refractivity contribution in [1.29, 1.82) is 0 Å². The van der Waals surface area contributed by atoms with E-state index in [0.717, 1.165) is 12.8 Å². The molecule has 0 bridgehead atoms. The van der Waals surface area contributed by atoms with E-state index in [4.69, 9.17) is 4.74 Å². The van der Waals surface area contributed by atoms with Gasteiger partial charge in [-0.05, 0) is 37.0 Å². The van der Waals surface area contributed by atoms with Gasteiger partial charge in [-0.3, -0.25) is 4.79 Å². The smallest absolute Gasteiger partial charge is 0.251 e. The Kier molecular flexibility index (Phi) is 8.22. The molecule has 130 valence electrons. The van der Waals surface area contributed by atoms with E-state index in [-0.39, 0.29) is 24.0 Å². The van der Waals surface area contributed by atoms with Crippen LogP contribution < -0.4 is 10.0 Å². The molecule has 0 heterocycles. The van der Waals surface area contributed by atoms with Gasteiger partial charge in [0.15, 0.2) is 0 Å². The van der Waals surface area contributed by atoms with E-state index in [2.05, 4.69) is 23.9 Å². The molecule has 0 saturated carbocycles. The lowest BCUT2D eigenvalue weighted by molar-refractivity contribution is 0.0952. The molecule has 6 nitrogen and oxygen atoms in total. The summed E-state index contributed by atoms with van der Waals surface area (Å²) in [5.41, 5.74) is 0.337. The molecule has 0 unspecified atom stereocenters. The van der Waals surface area contributed by atoms with Crippen LogP contribution in [0.15, 0.2) is 29.2 Å². The number of nitrogens with one attached hydrogen (secondary N) is 2. The number of ether oxygens (including phenoxy) is 1. The molecule has 7 heteroatoms. The highest BCUT2D eigenvalue weighted by Gasteiger charge is 2.15. The van der Waals surface area contributed by atoms with Gasteiger partial charge in [0.1, 0.15) is 0 Å². The van der Waals surface area contributed by atoms with Crippen molar-refractivity contribution in [3.8, 4) is 0 Å². The second-order valence-corrected chi connectivity index (χ2v) is 7.48. The molecule has 23 heavy (non-hydrogen) atoms. The number of carbonyl (C=O) groups is 1. The molecule has 0 radical (unpaired) electrons. The Morgan fingerprint density at radius 1 is 1.26 bits per heavy atom. The molecule has 0 aliphatic carbocycles. The van der Waals surface area contributed by atoms with Crippen molar-refractivity contribution in [2.75, 3.05) is 26.8 Å². The van der Waals surface area contributed by atoms with Crippen LogP contribution in [-0.2, 0) is 14.8 Å². The van der Waals surface area contributed by atoms with Crippen LogP contribution in [0, 0.1) is 5.92 Å². The minimum atomic E-state index is -3.63. The van der Waals surface area contributed by atoms with Gasteiger partial charge in [-0.1, -0.05) is 19.9 Å². The van der Waals surface area contributed by atoms with Crippen LogP contribution in [0.3, 0.4) is 0 Å². The topological polar surface area (TPSA) is 84.5 Å². The maximum atomic E-state index is 12.1.